The number of nitrogens with zero attached hydrogens (tertiary/aromatic N) is 1. The van der Waals surface area contributed by atoms with Gasteiger partial charge in [0.1, 0.15) is 6.04 Å². The third-order valence-electron chi connectivity index (χ3n) is 3.34. The summed E-state index contributed by atoms with van der Waals surface area (Å²) in [4.78, 5) is 24.9. The van der Waals surface area contributed by atoms with Crippen molar-refractivity contribution in [2.75, 3.05) is 32.8 Å². The minimum atomic E-state index is -1.01. The molecule has 20 heavy (non-hydrogen) atoms. The van der Waals surface area contributed by atoms with Crippen LogP contribution in [0.4, 0.5) is 4.79 Å². The first-order valence-electron chi connectivity index (χ1n) is 7.17. The SMILES string of the molecule is CCCC(NC(=O)NCC1CN(CC)CCO1)C(=O)O. The van der Waals surface area contributed by atoms with E-state index in [-0.39, 0.29) is 6.10 Å². The Hall–Kier alpha value is -1.34. The van der Waals surface area contributed by atoms with Gasteiger partial charge in [-0.3, -0.25) is 4.90 Å². The van der Waals surface area contributed by atoms with Crippen molar-refractivity contribution in [2.45, 2.75) is 38.8 Å². The lowest BCUT2D eigenvalue weighted by molar-refractivity contribution is -0.139. The molecule has 0 radical (unpaired) electrons. The summed E-state index contributed by atoms with van der Waals surface area (Å²) in [7, 11) is 0. The Balaban J connectivity index is 2.29. The van der Waals surface area contributed by atoms with Crippen LogP contribution in [0.3, 0.4) is 0 Å². The molecule has 0 bridgehead atoms. The highest BCUT2D eigenvalue weighted by molar-refractivity contribution is 5.82. The molecule has 3 N–H and O–H groups in total. The maximum atomic E-state index is 11.7. The van der Waals surface area contributed by atoms with E-state index < -0.39 is 18.0 Å². The van der Waals surface area contributed by atoms with Crippen molar-refractivity contribution in [1.29, 1.82) is 0 Å². The number of morpholine rings is 1. The molecule has 0 aliphatic carbocycles. The van der Waals surface area contributed by atoms with Crippen molar-refractivity contribution >= 4 is 12.0 Å². The third-order valence-corrected chi connectivity index (χ3v) is 3.34. The number of urea groups is 1. The molecular formula is C13H25N3O4. The number of carboxylic acids is 1. The number of nitrogens with one attached hydrogen (secondary N) is 2. The monoisotopic (exact) mass is 287 g/mol. The van der Waals surface area contributed by atoms with Crippen molar-refractivity contribution in [3.63, 3.8) is 0 Å². The van der Waals surface area contributed by atoms with Gasteiger partial charge in [0.05, 0.1) is 12.7 Å². The van der Waals surface area contributed by atoms with Gasteiger partial charge >= 0.3 is 12.0 Å². The fraction of sp³-hybridized carbons (Fsp3) is 0.846. The number of amides is 2. The predicted molar refractivity (Wildman–Crippen MR) is 74.7 cm³/mol. The van der Waals surface area contributed by atoms with Gasteiger partial charge in [-0.1, -0.05) is 20.3 Å². The molecule has 1 heterocycles. The first-order chi connectivity index (χ1) is 9.56. The van der Waals surface area contributed by atoms with Crippen molar-refractivity contribution in [3.8, 4) is 0 Å². The van der Waals surface area contributed by atoms with E-state index in [0.29, 0.717) is 26.0 Å². The Morgan fingerprint density at radius 3 is 2.80 bits per heavy atom. The van der Waals surface area contributed by atoms with Gasteiger partial charge in [-0.2, -0.15) is 0 Å². The molecule has 116 valence electrons. The molecule has 1 saturated heterocycles. The largest absolute Gasteiger partial charge is 0.480 e. The first-order valence-corrected chi connectivity index (χ1v) is 7.17. The Labute approximate surface area is 119 Å². The number of carboxylic acid groups (broad SMARTS) is 1. The number of aliphatic carboxylic acids is 1. The standard InChI is InChI=1S/C13H25N3O4/c1-3-5-11(12(17)18)15-13(19)14-8-10-9-16(4-2)6-7-20-10/h10-11H,3-9H2,1-2H3,(H,17,18)(H2,14,15,19). The Morgan fingerprint density at radius 2 is 2.20 bits per heavy atom. The van der Waals surface area contributed by atoms with Crippen LogP contribution >= 0.6 is 0 Å². The molecule has 1 aliphatic heterocycles. The highest BCUT2D eigenvalue weighted by Crippen LogP contribution is 2.03. The van der Waals surface area contributed by atoms with E-state index in [1.165, 1.54) is 0 Å². The molecule has 0 aromatic rings. The van der Waals surface area contributed by atoms with Crippen LogP contribution in [0.25, 0.3) is 0 Å². The summed E-state index contributed by atoms with van der Waals surface area (Å²) < 4.78 is 5.56. The third kappa shape index (κ3) is 5.75. The number of carbonyl (C=O) groups excluding carboxylic acids is 1. The van der Waals surface area contributed by atoms with Crippen molar-refractivity contribution in [2.24, 2.45) is 0 Å². The Morgan fingerprint density at radius 1 is 1.45 bits per heavy atom. The average Bonchev–Trinajstić information content (AvgIpc) is 2.44. The Bertz CT molecular complexity index is 325. The van der Waals surface area contributed by atoms with Crippen molar-refractivity contribution < 1.29 is 19.4 Å². The molecule has 0 spiro atoms. The molecule has 2 amide bonds. The van der Waals surface area contributed by atoms with E-state index in [1.807, 2.05) is 6.92 Å². The van der Waals surface area contributed by atoms with Crippen LogP contribution in [0.5, 0.6) is 0 Å². The molecular weight excluding hydrogens is 262 g/mol. The van der Waals surface area contributed by atoms with E-state index in [4.69, 9.17) is 9.84 Å². The minimum Gasteiger partial charge on any atom is -0.480 e. The maximum absolute atomic E-state index is 11.7. The van der Waals surface area contributed by atoms with Crippen LogP contribution in [0.15, 0.2) is 0 Å². The first kappa shape index (κ1) is 16.7. The van der Waals surface area contributed by atoms with Gasteiger partial charge in [-0.15, -0.1) is 0 Å². The second-order valence-corrected chi connectivity index (χ2v) is 4.92. The van der Waals surface area contributed by atoms with Crippen LogP contribution in [-0.4, -0.2) is 66.9 Å². The summed E-state index contributed by atoms with van der Waals surface area (Å²) in [5, 5.41) is 14.1. The van der Waals surface area contributed by atoms with Gasteiger partial charge in [0.2, 0.25) is 0 Å². The smallest absolute Gasteiger partial charge is 0.326 e. The summed E-state index contributed by atoms with van der Waals surface area (Å²) in [6.07, 6.45) is 1.09. The highest BCUT2D eigenvalue weighted by Gasteiger charge is 2.22. The molecule has 1 aliphatic rings. The molecule has 2 atom stereocenters. The zero-order valence-electron chi connectivity index (χ0n) is 12.2. The highest BCUT2D eigenvalue weighted by atomic mass is 16.5. The van der Waals surface area contributed by atoms with Crippen LogP contribution in [0.2, 0.25) is 0 Å². The fourth-order valence-electron chi connectivity index (χ4n) is 2.15. The number of ether oxygens (including phenoxy) is 1. The molecule has 0 aromatic carbocycles. The van der Waals surface area contributed by atoms with Crippen LogP contribution in [0.1, 0.15) is 26.7 Å². The molecule has 1 rings (SSSR count). The Kier molecular flexibility index (Phi) is 7.32. The van der Waals surface area contributed by atoms with E-state index in [0.717, 1.165) is 19.6 Å². The van der Waals surface area contributed by atoms with Gasteiger partial charge in [0.15, 0.2) is 0 Å². The van der Waals surface area contributed by atoms with E-state index in [2.05, 4.69) is 22.5 Å². The maximum Gasteiger partial charge on any atom is 0.326 e. The van der Waals surface area contributed by atoms with Crippen molar-refractivity contribution in [3.05, 3.63) is 0 Å². The fourth-order valence-corrected chi connectivity index (χ4v) is 2.15. The zero-order chi connectivity index (χ0) is 15.0. The average molecular weight is 287 g/mol. The van der Waals surface area contributed by atoms with E-state index in [9.17, 15) is 9.59 Å². The summed E-state index contributed by atoms with van der Waals surface area (Å²) >= 11 is 0. The second-order valence-electron chi connectivity index (χ2n) is 4.92. The van der Waals surface area contributed by atoms with E-state index in [1.54, 1.807) is 0 Å². The van der Waals surface area contributed by atoms with Crippen LogP contribution in [0, 0.1) is 0 Å². The minimum absolute atomic E-state index is 0.0381. The van der Waals surface area contributed by atoms with Crippen LogP contribution in [-0.2, 0) is 9.53 Å². The topological polar surface area (TPSA) is 90.9 Å². The molecule has 2 unspecified atom stereocenters. The normalized spacial score (nSPS) is 21.2. The lowest BCUT2D eigenvalue weighted by Crippen LogP contribution is -2.51. The van der Waals surface area contributed by atoms with Crippen molar-refractivity contribution in [1.82, 2.24) is 15.5 Å². The van der Waals surface area contributed by atoms with Gasteiger partial charge in [0.25, 0.3) is 0 Å². The molecule has 0 aromatic heterocycles. The number of carbonyl (C=O) groups is 2. The van der Waals surface area contributed by atoms with Gasteiger partial charge < -0.3 is 20.5 Å². The molecule has 0 saturated carbocycles. The van der Waals surface area contributed by atoms with Gasteiger partial charge in [0, 0.05) is 19.6 Å². The van der Waals surface area contributed by atoms with Gasteiger partial charge in [-0.05, 0) is 13.0 Å². The molecule has 7 heteroatoms. The van der Waals surface area contributed by atoms with E-state index >= 15 is 0 Å². The lowest BCUT2D eigenvalue weighted by Gasteiger charge is -2.32. The summed E-state index contributed by atoms with van der Waals surface area (Å²) in [5.41, 5.74) is 0. The quantitative estimate of drug-likeness (QED) is 0.625. The summed E-state index contributed by atoms with van der Waals surface area (Å²) in [5.74, 6) is -1.01. The number of hydrogen-bond acceptors (Lipinski definition) is 4. The number of hydrogen-bond donors (Lipinski definition) is 3. The number of likely N-dealkylation sites (N-methyl/N-ethyl adjacent to an activating group) is 1. The molecule has 1 fully saturated rings. The second kappa shape index (κ2) is 8.76. The summed E-state index contributed by atoms with van der Waals surface area (Å²) in [6, 6.07) is -1.29. The number of rotatable bonds is 7. The predicted octanol–water partition coefficient (Wildman–Crippen LogP) is 0.260. The van der Waals surface area contributed by atoms with Gasteiger partial charge in [-0.25, -0.2) is 9.59 Å². The lowest BCUT2D eigenvalue weighted by atomic mass is 10.2. The molecule has 7 nitrogen and oxygen atoms in total. The summed E-state index contributed by atoms with van der Waals surface area (Å²) in [6.45, 7) is 7.68. The zero-order valence-corrected chi connectivity index (χ0v) is 12.2. The van der Waals surface area contributed by atoms with Crippen LogP contribution < -0.4 is 10.6 Å².